The van der Waals surface area contributed by atoms with Crippen molar-refractivity contribution in [3.8, 4) is 0 Å². The highest BCUT2D eigenvalue weighted by atomic mass is 35.5. The number of rotatable bonds is 5. The van der Waals surface area contributed by atoms with Crippen LogP contribution in [0.25, 0.3) is 0 Å². The Morgan fingerprint density at radius 3 is 2.52 bits per heavy atom. The zero-order valence-corrected chi connectivity index (χ0v) is 12.1. The van der Waals surface area contributed by atoms with Crippen molar-refractivity contribution in [2.45, 2.75) is 0 Å². The third kappa shape index (κ3) is 3.56. The monoisotopic (exact) mass is 308 g/mol. The van der Waals surface area contributed by atoms with Crippen LogP contribution in [-0.4, -0.2) is 34.0 Å². The van der Waals surface area contributed by atoms with Gasteiger partial charge in [-0.1, -0.05) is 23.7 Å². The Hall–Kier alpha value is -2.45. The van der Waals surface area contributed by atoms with Crippen molar-refractivity contribution in [3.63, 3.8) is 0 Å². The minimum atomic E-state index is -0.551. The number of hydrogen-bond donors (Lipinski definition) is 2. The Morgan fingerprint density at radius 1 is 1.24 bits per heavy atom. The van der Waals surface area contributed by atoms with Crippen LogP contribution in [0.5, 0.6) is 0 Å². The van der Waals surface area contributed by atoms with Crippen molar-refractivity contribution in [3.05, 3.63) is 45.7 Å². The molecule has 2 aromatic rings. The maximum atomic E-state index is 11.3. The number of hydrogen-bond acceptors (Lipinski definition) is 7. The van der Waals surface area contributed by atoms with Gasteiger partial charge in [0.15, 0.2) is 0 Å². The standard InChI is InChI=1S/C12H13ClN6O2/c1-18(2)17-12-10(19(20)21)11(14-7-15-12)16-9-6-4-3-5-8(9)13/h3-7H,1-2H3,(H2,14,15,16,17). The highest BCUT2D eigenvalue weighted by molar-refractivity contribution is 6.33. The first-order valence-corrected chi connectivity index (χ1v) is 6.31. The molecule has 0 radical (unpaired) electrons. The predicted octanol–water partition coefficient (Wildman–Crippen LogP) is 2.67. The molecule has 1 heterocycles. The van der Waals surface area contributed by atoms with Crippen LogP contribution in [0.1, 0.15) is 0 Å². The second kappa shape index (κ2) is 6.33. The van der Waals surface area contributed by atoms with E-state index >= 15 is 0 Å². The molecule has 110 valence electrons. The molecule has 2 rings (SSSR count). The average molecular weight is 309 g/mol. The predicted molar refractivity (Wildman–Crippen MR) is 80.7 cm³/mol. The van der Waals surface area contributed by atoms with Gasteiger partial charge in [0.1, 0.15) is 6.33 Å². The van der Waals surface area contributed by atoms with Crippen molar-refractivity contribution in [2.24, 2.45) is 0 Å². The number of nitrogens with one attached hydrogen (secondary N) is 2. The number of para-hydroxylation sites is 1. The fraction of sp³-hybridized carbons (Fsp3) is 0.167. The molecular formula is C12H13ClN6O2. The molecule has 1 aromatic heterocycles. The van der Waals surface area contributed by atoms with Crippen LogP contribution in [0.2, 0.25) is 5.02 Å². The summed E-state index contributed by atoms with van der Waals surface area (Å²) in [6, 6.07) is 6.91. The van der Waals surface area contributed by atoms with Crippen LogP contribution in [0.4, 0.5) is 23.0 Å². The molecule has 2 N–H and O–H groups in total. The first-order chi connectivity index (χ1) is 9.99. The molecule has 0 spiro atoms. The van der Waals surface area contributed by atoms with E-state index in [9.17, 15) is 10.1 Å². The van der Waals surface area contributed by atoms with E-state index in [1.807, 2.05) is 0 Å². The largest absolute Gasteiger partial charge is 0.354 e. The Labute approximate surface area is 125 Å². The van der Waals surface area contributed by atoms with E-state index in [-0.39, 0.29) is 17.3 Å². The zero-order valence-electron chi connectivity index (χ0n) is 11.4. The summed E-state index contributed by atoms with van der Waals surface area (Å²) in [5, 5.41) is 16.1. The maximum absolute atomic E-state index is 11.3. The summed E-state index contributed by atoms with van der Waals surface area (Å²) in [5.74, 6) is 0.155. The van der Waals surface area contributed by atoms with Gasteiger partial charge in [0.2, 0.25) is 11.6 Å². The SMILES string of the molecule is CN(C)Nc1ncnc(Nc2ccccc2Cl)c1[N+](=O)[O-]. The van der Waals surface area contributed by atoms with Crippen molar-refractivity contribution < 1.29 is 4.92 Å². The van der Waals surface area contributed by atoms with Gasteiger partial charge in [-0.3, -0.25) is 15.5 Å². The summed E-state index contributed by atoms with van der Waals surface area (Å²) in [4.78, 5) is 18.6. The quantitative estimate of drug-likeness (QED) is 0.647. The fourth-order valence-electron chi connectivity index (χ4n) is 1.63. The number of anilines is 3. The van der Waals surface area contributed by atoms with Gasteiger partial charge in [0.25, 0.3) is 0 Å². The lowest BCUT2D eigenvalue weighted by Crippen LogP contribution is -2.21. The summed E-state index contributed by atoms with van der Waals surface area (Å²) in [6.07, 6.45) is 1.23. The minimum absolute atomic E-state index is 0.0625. The molecule has 0 amide bonds. The summed E-state index contributed by atoms with van der Waals surface area (Å²) in [5.41, 5.74) is 3.03. The fourth-order valence-corrected chi connectivity index (χ4v) is 1.81. The normalized spacial score (nSPS) is 10.5. The smallest absolute Gasteiger partial charge is 0.333 e. The van der Waals surface area contributed by atoms with Gasteiger partial charge in [-0.25, -0.2) is 15.0 Å². The summed E-state index contributed by atoms with van der Waals surface area (Å²) < 4.78 is 0. The van der Waals surface area contributed by atoms with E-state index in [4.69, 9.17) is 11.6 Å². The Bertz CT molecular complexity index is 664. The molecular weight excluding hydrogens is 296 g/mol. The Morgan fingerprint density at radius 2 is 1.90 bits per heavy atom. The first kappa shape index (κ1) is 14.9. The van der Waals surface area contributed by atoms with E-state index in [0.29, 0.717) is 10.7 Å². The Balaban J connectivity index is 2.44. The average Bonchev–Trinajstić information content (AvgIpc) is 2.40. The summed E-state index contributed by atoms with van der Waals surface area (Å²) >= 11 is 6.03. The van der Waals surface area contributed by atoms with Crippen molar-refractivity contribution in [1.29, 1.82) is 0 Å². The molecule has 21 heavy (non-hydrogen) atoms. The molecule has 1 aromatic carbocycles. The van der Waals surface area contributed by atoms with E-state index in [0.717, 1.165) is 0 Å². The molecule has 0 saturated heterocycles. The van der Waals surface area contributed by atoms with Gasteiger partial charge < -0.3 is 5.32 Å². The number of hydrazine groups is 1. The number of benzene rings is 1. The van der Waals surface area contributed by atoms with Gasteiger partial charge in [0.05, 0.1) is 15.6 Å². The number of halogens is 1. The third-order valence-corrected chi connectivity index (χ3v) is 2.79. The topological polar surface area (TPSA) is 96.2 Å². The van der Waals surface area contributed by atoms with Crippen molar-refractivity contribution >= 4 is 34.6 Å². The number of nitro groups is 1. The van der Waals surface area contributed by atoms with Gasteiger partial charge in [-0.15, -0.1) is 0 Å². The highest BCUT2D eigenvalue weighted by Crippen LogP contribution is 2.33. The molecule has 0 aliphatic heterocycles. The molecule has 0 atom stereocenters. The molecule has 0 bridgehead atoms. The highest BCUT2D eigenvalue weighted by Gasteiger charge is 2.23. The van der Waals surface area contributed by atoms with E-state index in [2.05, 4.69) is 20.7 Å². The van der Waals surface area contributed by atoms with Crippen molar-refractivity contribution in [1.82, 2.24) is 15.0 Å². The van der Waals surface area contributed by atoms with Crippen LogP contribution in [-0.2, 0) is 0 Å². The lowest BCUT2D eigenvalue weighted by molar-refractivity contribution is -0.383. The van der Waals surface area contributed by atoms with Gasteiger partial charge in [-0.2, -0.15) is 0 Å². The van der Waals surface area contributed by atoms with Crippen LogP contribution >= 0.6 is 11.6 Å². The molecule has 9 heteroatoms. The van der Waals surface area contributed by atoms with Gasteiger partial charge >= 0.3 is 5.69 Å². The number of nitrogens with zero attached hydrogens (tertiary/aromatic N) is 4. The lowest BCUT2D eigenvalue weighted by Gasteiger charge is -2.14. The molecule has 0 unspecified atom stereocenters. The minimum Gasteiger partial charge on any atom is -0.333 e. The van der Waals surface area contributed by atoms with E-state index in [1.165, 1.54) is 6.33 Å². The van der Waals surface area contributed by atoms with Crippen LogP contribution in [0.15, 0.2) is 30.6 Å². The molecule has 0 saturated carbocycles. The maximum Gasteiger partial charge on any atom is 0.354 e. The first-order valence-electron chi connectivity index (χ1n) is 5.94. The second-order valence-corrected chi connectivity index (χ2v) is 4.69. The summed E-state index contributed by atoms with van der Waals surface area (Å²) in [6.45, 7) is 0. The number of aromatic nitrogens is 2. The second-order valence-electron chi connectivity index (χ2n) is 4.29. The summed E-state index contributed by atoms with van der Waals surface area (Å²) in [7, 11) is 3.40. The molecule has 0 fully saturated rings. The van der Waals surface area contributed by atoms with E-state index in [1.54, 1.807) is 43.4 Å². The molecule has 0 aliphatic rings. The Kier molecular flexibility index (Phi) is 4.51. The zero-order chi connectivity index (χ0) is 15.4. The molecule has 8 nitrogen and oxygen atoms in total. The van der Waals surface area contributed by atoms with Crippen molar-refractivity contribution in [2.75, 3.05) is 24.8 Å². The van der Waals surface area contributed by atoms with Gasteiger partial charge in [-0.05, 0) is 12.1 Å². The molecule has 0 aliphatic carbocycles. The third-order valence-electron chi connectivity index (χ3n) is 2.46. The van der Waals surface area contributed by atoms with Crippen LogP contribution < -0.4 is 10.7 Å². The lowest BCUT2D eigenvalue weighted by atomic mass is 10.3. The van der Waals surface area contributed by atoms with Crippen LogP contribution in [0.3, 0.4) is 0 Å². The van der Waals surface area contributed by atoms with Crippen LogP contribution in [0, 0.1) is 10.1 Å². The van der Waals surface area contributed by atoms with Gasteiger partial charge in [0, 0.05) is 14.1 Å². The van der Waals surface area contributed by atoms with E-state index < -0.39 is 4.92 Å².